The second kappa shape index (κ2) is 14.2. The number of rotatable bonds is 2. The first-order valence-electron chi connectivity index (χ1n) is 4.06. The first-order chi connectivity index (χ1) is 4.56. The first kappa shape index (κ1) is 23.0. The van der Waals surface area contributed by atoms with Crippen molar-refractivity contribution < 1.29 is 21.1 Å². The van der Waals surface area contributed by atoms with E-state index in [2.05, 4.69) is 34.6 Å². The van der Waals surface area contributed by atoms with Crippen LogP contribution in [-0.4, -0.2) is 0 Å². The predicted octanol–water partition coefficient (Wildman–Crippen LogP) is 4.51. The molecule has 1 heteroatoms. The average Bonchev–Trinajstić information content (AvgIpc) is 1.87. The van der Waals surface area contributed by atoms with Gasteiger partial charge in [-0.05, 0) is 5.41 Å². The van der Waals surface area contributed by atoms with E-state index < -0.39 is 0 Å². The topological polar surface area (TPSA) is 0 Å². The molecule has 0 unspecified atom stereocenters. The second-order valence-corrected chi connectivity index (χ2v) is 3.52. The SMILES string of the molecule is C.[CH2-]C.[CH2-]CCCC(C)(C)C.[W+2]. The van der Waals surface area contributed by atoms with Crippen molar-refractivity contribution in [3.8, 4) is 0 Å². The third-order valence-corrected chi connectivity index (χ3v) is 1.18. The van der Waals surface area contributed by atoms with E-state index in [1.807, 2.05) is 0 Å². The van der Waals surface area contributed by atoms with Crippen LogP contribution in [0.5, 0.6) is 0 Å². The van der Waals surface area contributed by atoms with Crippen molar-refractivity contribution in [2.45, 2.75) is 54.4 Å². The number of hydrogen-bond acceptors (Lipinski definition) is 0. The van der Waals surface area contributed by atoms with Crippen LogP contribution in [0.15, 0.2) is 0 Å². The zero-order valence-electron chi connectivity index (χ0n) is 8.44. The van der Waals surface area contributed by atoms with Crippen LogP contribution in [0.25, 0.3) is 0 Å². The molecule has 12 heavy (non-hydrogen) atoms. The molecular formula is C11H26W. The zero-order chi connectivity index (χ0) is 8.62. The van der Waals surface area contributed by atoms with E-state index in [0.29, 0.717) is 5.41 Å². The van der Waals surface area contributed by atoms with E-state index in [0.717, 1.165) is 6.42 Å². The fourth-order valence-corrected chi connectivity index (χ4v) is 0.655. The minimum Gasteiger partial charge on any atom is -0.346 e. The Morgan fingerprint density at radius 2 is 1.42 bits per heavy atom. The van der Waals surface area contributed by atoms with Crippen LogP contribution in [0.1, 0.15) is 54.4 Å². The van der Waals surface area contributed by atoms with Gasteiger partial charge in [0, 0.05) is 0 Å². The fraction of sp³-hybridized carbons (Fsp3) is 0.818. The fourth-order valence-electron chi connectivity index (χ4n) is 0.655. The molecule has 0 amide bonds. The van der Waals surface area contributed by atoms with Gasteiger partial charge in [0.05, 0.1) is 0 Å². The summed E-state index contributed by atoms with van der Waals surface area (Å²) in [6, 6.07) is 0. The summed E-state index contributed by atoms with van der Waals surface area (Å²) in [4.78, 5) is 0. The maximum Gasteiger partial charge on any atom is 2.00 e. The van der Waals surface area contributed by atoms with Gasteiger partial charge in [0.25, 0.3) is 0 Å². The molecule has 0 nitrogen and oxygen atoms in total. The molecule has 0 aliphatic heterocycles. The molecule has 0 aromatic heterocycles. The average molecular weight is 342 g/mol. The molecule has 0 aromatic carbocycles. The molecule has 0 aliphatic rings. The summed E-state index contributed by atoms with van der Waals surface area (Å²) >= 11 is 0. The Labute approximate surface area is 94.8 Å². The minimum atomic E-state index is 0. The number of hydrogen-bond donors (Lipinski definition) is 0. The Morgan fingerprint density at radius 1 is 1.08 bits per heavy atom. The first-order valence-corrected chi connectivity index (χ1v) is 4.06. The van der Waals surface area contributed by atoms with E-state index in [1.165, 1.54) is 12.8 Å². The van der Waals surface area contributed by atoms with Gasteiger partial charge in [-0.2, -0.15) is 13.3 Å². The zero-order valence-corrected chi connectivity index (χ0v) is 11.4. The maximum atomic E-state index is 3.79. The van der Waals surface area contributed by atoms with Gasteiger partial charge in [-0.25, -0.2) is 0 Å². The van der Waals surface area contributed by atoms with Crippen molar-refractivity contribution >= 4 is 0 Å². The molecule has 0 saturated heterocycles. The standard InChI is InChI=1S/C8H17.C2H5.CH4.W/c1-5-6-7-8(2,3)4;1-2;;/h1,5-7H2,2-4H3;1H2,2H3;1H4;/q2*-1;;+2. The summed E-state index contributed by atoms with van der Waals surface area (Å²) in [5.74, 6) is 0. The molecule has 0 N–H and O–H groups in total. The van der Waals surface area contributed by atoms with E-state index in [-0.39, 0.29) is 28.5 Å². The summed E-state index contributed by atoms with van der Waals surface area (Å²) in [5.41, 5.74) is 0.512. The molecule has 0 aromatic rings. The van der Waals surface area contributed by atoms with Gasteiger partial charge in [-0.1, -0.05) is 41.0 Å². The molecule has 0 bridgehead atoms. The van der Waals surface area contributed by atoms with Crippen molar-refractivity contribution in [3.63, 3.8) is 0 Å². The Kier molecular flexibility index (Phi) is 27.2. The molecule has 0 saturated carbocycles. The monoisotopic (exact) mass is 342 g/mol. The van der Waals surface area contributed by atoms with Gasteiger partial charge in [-0.15, -0.1) is 0 Å². The molecule has 0 spiro atoms. The molecule has 0 aliphatic carbocycles. The van der Waals surface area contributed by atoms with Gasteiger partial charge in [0.2, 0.25) is 0 Å². The normalized spacial score (nSPS) is 8.50. The van der Waals surface area contributed by atoms with Crippen molar-refractivity contribution in [1.29, 1.82) is 0 Å². The molecule has 0 atom stereocenters. The van der Waals surface area contributed by atoms with Crippen LogP contribution in [0.3, 0.4) is 0 Å². The second-order valence-electron chi connectivity index (χ2n) is 3.52. The summed E-state index contributed by atoms with van der Waals surface area (Å²) in [7, 11) is 0. The van der Waals surface area contributed by atoms with Crippen molar-refractivity contribution in [1.82, 2.24) is 0 Å². The predicted molar refractivity (Wildman–Crippen MR) is 56.4 cm³/mol. The Balaban J connectivity index is -0.0000000740. The van der Waals surface area contributed by atoms with E-state index in [1.54, 1.807) is 6.92 Å². The third-order valence-electron chi connectivity index (χ3n) is 1.18. The van der Waals surface area contributed by atoms with Crippen molar-refractivity contribution in [3.05, 3.63) is 13.8 Å². The molecule has 0 fully saturated rings. The smallest absolute Gasteiger partial charge is 0.346 e. The Bertz CT molecular complexity index is 52.5. The minimum absolute atomic E-state index is 0. The van der Waals surface area contributed by atoms with Crippen molar-refractivity contribution in [2.24, 2.45) is 5.41 Å². The quantitative estimate of drug-likeness (QED) is 0.648. The molecular weight excluding hydrogens is 316 g/mol. The van der Waals surface area contributed by atoms with Gasteiger partial charge in [-0.3, -0.25) is 0 Å². The molecule has 0 rings (SSSR count). The van der Waals surface area contributed by atoms with Crippen LogP contribution in [-0.2, 0) is 21.1 Å². The van der Waals surface area contributed by atoms with Gasteiger partial charge >= 0.3 is 21.1 Å². The Hall–Kier alpha value is 0.688. The van der Waals surface area contributed by atoms with Crippen LogP contribution >= 0.6 is 0 Å². The van der Waals surface area contributed by atoms with E-state index >= 15 is 0 Å². The molecule has 0 radical (unpaired) electrons. The van der Waals surface area contributed by atoms with E-state index in [4.69, 9.17) is 0 Å². The number of unbranched alkanes of at least 4 members (excludes halogenated alkanes) is 1. The van der Waals surface area contributed by atoms with E-state index in [9.17, 15) is 0 Å². The van der Waals surface area contributed by atoms with Gasteiger partial charge in [0.1, 0.15) is 0 Å². The van der Waals surface area contributed by atoms with Gasteiger partial charge in [0.15, 0.2) is 0 Å². The summed E-state index contributed by atoms with van der Waals surface area (Å²) < 4.78 is 0. The molecule has 0 heterocycles. The maximum absolute atomic E-state index is 3.79. The van der Waals surface area contributed by atoms with Crippen LogP contribution < -0.4 is 0 Å². The van der Waals surface area contributed by atoms with Crippen LogP contribution in [0, 0.1) is 19.3 Å². The third kappa shape index (κ3) is 31.0. The van der Waals surface area contributed by atoms with Crippen molar-refractivity contribution in [2.75, 3.05) is 0 Å². The van der Waals surface area contributed by atoms with Gasteiger partial charge < -0.3 is 13.8 Å². The van der Waals surface area contributed by atoms with Crippen LogP contribution in [0.4, 0.5) is 0 Å². The van der Waals surface area contributed by atoms with Crippen LogP contribution in [0.2, 0.25) is 0 Å². The summed E-state index contributed by atoms with van der Waals surface area (Å²) in [6.45, 7) is 15.6. The summed E-state index contributed by atoms with van der Waals surface area (Å²) in [5, 5.41) is 0. The molecule has 76 valence electrons. The summed E-state index contributed by atoms with van der Waals surface area (Å²) in [6.07, 6.45) is 3.65. The Morgan fingerprint density at radius 3 is 1.50 bits per heavy atom. The largest absolute Gasteiger partial charge is 2.00 e.